The number of nitriles is 1. The molecule has 1 aromatic heterocycles. The van der Waals surface area contributed by atoms with Gasteiger partial charge in [-0.2, -0.15) is 5.26 Å². The van der Waals surface area contributed by atoms with Gasteiger partial charge in [-0.3, -0.25) is 4.79 Å². The lowest BCUT2D eigenvalue weighted by Gasteiger charge is -2.27. The monoisotopic (exact) mass is 361 g/mol. The molecule has 0 fully saturated rings. The molecule has 2 N–H and O–H groups in total. The van der Waals surface area contributed by atoms with Crippen molar-refractivity contribution >= 4 is 23.2 Å². The number of rotatable bonds is 1. The third kappa shape index (κ3) is 2.35. The summed E-state index contributed by atoms with van der Waals surface area (Å²) >= 11 is 12.6. The maximum absolute atomic E-state index is 12.8. The summed E-state index contributed by atoms with van der Waals surface area (Å²) in [6.07, 6.45) is 0. The fourth-order valence-electron chi connectivity index (χ4n) is 2.82. The van der Waals surface area contributed by atoms with Crippen LogP contribution in [0.1, 0.15) is 22.7 Å². The maximum Gasteiger partial charge on any atom is 0.258 e. The minimum absolute atomic E-state index is 0.0568. The van der Waals surface area contributed by atoms with E-state index >= 15 is 0 Å². The number of hydrogen-bond donors (Lipinski definition) is 1. The van der Waals surface area contributed by atoms with Crippen LogP contribution in [0.15, 0.2) is 40.5 Å². The lowest BCUT2D eigenvalue weighted by atomic mass is 9.84. The lowest BCUT2D eigenvalue weighted by Crippen LogP contribution is -2.31. The molecule has 0 amide bonds. The Balaban J connectivity index is 2.43. The van der Waals surface area contributed by atoms with Crippen molar-refractivity contribution in [2.24, 2.45) is 12.8 Å². The quantitative estimate of drug-likeness (QED) is 0.845. The first-order valence-electron chi connectivity index (χ1n) is 7.08. The van der Waals surface area contributed by atoms with Gasteiger partial charge in [0.15, 0.2) is 0 Å². The number of pyridine rings is 1. The molecule has 0 saturated heterocycles. The summed E-state index contributed by atoms with van der Waals surface area (Å²) in [4.78, 5) is 12.8. The highest BCUT2D eigenvalue weighted by Gasteiger charge is 2.36. The molecule has 24 heavy (non-hydrogen) atoms. The van der Waals surface area contributed by atoms with E-state index < -0.39 is 5.92 Å². The molecular weight excluding hydrogens is 349 g/mol. The van der Waals surface area contributed by atoms with Gasteiger partial charge in [-0.1, -0.05) is 29.3 Å². The molecule has 0 bridgehead atoms. The van der Waals surface area contributed by atoms with Gasteiger partial charge < -0.3 is 15.0 Å². The predicted octanol–water partition coefficient (Wildman–Crippen LogP) is 3.22. The summed E-state index contributed by atoms with van der Waals surface area (Å²) in [5.74, 6) is -0.522. The van der Waals surface area contributed by atoms with E-state index in [2.05, 4.69) is 0 Å². The van der Waals surface area contributed by atoms with Crippen LogP contribution in [0.25, 0.3) is 0 Å². The van der Waals surface area contributed by atoms with Crippen LogP contribution in [0.5, 0.6) is 5.75 Å². The van der Waals surface area contributed by atoms with Crippen molar-refractivity contribution in [1.29, 1.82) is 5.26 Å². The van der Waals surface area contributed by atoms with E-state index in [-0.39, 0.29) is 17.0 Å². The molecule has 0 radical (unpaired) electrons. The number of hydrogen-bond acceptors (Lipinski definition) is 4. The molecule has 0 saturated carbocycles. The number of allylic oxidation sites excluding steroid dienone is 1. The molecular formula is C17H13Cl2N3O2. The number of nitrogens with two attached hydrogens (primary N) is 1. The molecule has 3 rings (SSSR count). The minimum Gasteiger partial charge on any atom is -0.440 e. The summed E-state index contributed by atoms with van der Waals surface area (Å²) in [7, 11) is 1.65. The third-order valence-corrected chi connectivity index (χ3v) is 4.80. The van der Waals surface area contributed by atoms with Gasteiger partial charge in [0.05, 0.1) is 11.5 Å². The molecule has 2 aromatic rings. The molecule has 0 aliphatic carbocycles. The Morgan fingerprint density at radius 3 is 2.50 bits per heavy atom. The van der Waals surface area contributed by atoms with Gasteiger partial charge in [0.1, 0.15) is 17.4 Å². The number of aromatic nitrogens is 1. The van der Waals surface area contributed by atoms with Crippen molar-refractivity contribution in [3.63, 3.8) is 0 Å². The molecule has 1 aromatic carbocycles. The predicted molar refractivity (Wildman–Crippen MR) is 92.2 cm³/mol. The van der Waals surface area contributed by atoms with Gasteiger partial charge >= 0.3 is 0 Å². The first-order chi connectivity index (χ1) is 11.4. The van der Waals surface area contributed by atoms with Crippen LogP contribution in [0.4, 0.5) is 0 Å². The fraction of sp³-hybridized carbons (Fsp3) is 0.176. The van der Waals surface area contributed by atoms with Crippen molar-refractivity contribution in [2.75, 3.05) is 0 Å². The summed E-state index contributed by atoms with van der Waals surface area (Å²) in [6.45, 7) is 1.78. The molecule has 1 atom stereocenters. The van der Waals surface area contributed by atoms with E-state index in [0.717, 1.165) is 0 Å². The SMILES string of the molecule is Cc1cc2c(c(=O)n1C)C(c1c(Cl)cccc1Cl)C(C#N)=C(N)O2. The van der Waals surface area contributed by atoms with Gasteiger partial charge in [0, 0.05) is 34.4 Å². The first kappa shape index (κ1) is 16.4. The standard InChI is InChI=1S/C17H13Cl2N3O2/c1-8-6-12-15(17(23)22(8)2)13(9(7-20)16(21)24-12)14-10(18)4-3-5-11(14)19/h3-6,13H,21H2,1-2H3. The van der Waals surface area contributed by atoms with Crippen LogP contribution in [-0.2, 0) is 7.05 Å². The highest BCUT2D eigenvalue weighted by atomic mass is 35.5. The van der Waals surface area contributed by atoms with E-state index in [4.69, 9.17) is 33.7 Å². The lowest BCUT2D eigenvalue weighted by molar-refractivity contribution is 0.389. The molecule has 5 nitrogen and oxygen atoms in total. The molecule has 7 heteroatoms. The smallest absolute Gasteiger partial charge is 0.258 e. The maximum atomic E-state index is 12.8. The molecule has 0 spiro atoms. The summed E-state index contributed by atoms with van der Waals surface area (Å²) in [6, 6.07) is 8.73. The Morgan fingerprint density at radius 2 is 1.92 bits per heavy atom. The van der Waals surface area contributed by atoms with Crippen LogP contribution in [0.3, 0.4) is 0 Å². The van der Waals surface area contributed by atoms with Crippen molar-refractivity contribution < 1.29 is 4.74 Å². The second-order valence-electron chi connectivity index (χ2n) is 5.49. The third-order valence-electron chi connectivity index (χ3n) is 4.14. The number of ether oxygens (including phenoxy) is 1. The van der Waals surface area contributed by atoms with E-state index in [1.165, 1.54) is 4.57 Å². The van der Waals surface area contributed by atoms with Gasteiger partial charge in [0.25, 0.3) is 5.56 Å². The van der Waals surface area contributed by atoms with Crippen molar-refractivity contribution in [3.05, 3.63) is 72.9 Å². The summed E-state index contributed by atoms with van der Waals surface area (Å²) < 4.78 is 7.00. The molecule has 1 aliphatic rings. The van der Waals surface area contributed by atoms with Crippen LogP contribution in [0, 0.1) is 18.3 Å². The normalized spacial score (nSPS) is 16.4. The van der Waals surface area contributed by atoms with Crippen molar-refractivity contribution in [2.45, 2.75) is 12.8 Å². The van der Waals surface area contributed by atoms with Crippen LogP contribution in [0.2, 0.25) is 10.0 Å². The van der Waals surface area contributed by atoms with E-state index in [1.54, 1.807) is 38.2 Å². The molecule has 1 unspecified atom stereocenters. The summed E-state index contributed by atoms with van der Waals surface area (Å²) in [5, 5.41) is 10.3. The van der Waals surface area contributed by atoms with Gasteiger partial charge in [0.2, 0.25) is 5.88 Å². The highest BCUT2D eigenvalue weighted by molar-refractivity contribution is 6.36. The second-order valence-corrected chi connectivity index (χ2v) is 6.30. The molecule has 122 valence electrons. The van der Waals surface area contributed by atoms with Gasteiger partial charge in [-0.05, 0) is 19.1 Å². The highest BCUT2D eigenvalue weighted by Crippen LogP contribution is 2.45. The Labute approximate surface area is 148 Å². The Hall–Kier alpha value is -2.42. The number of aryl methyl sites for hydroxylation is 1. The van der Waals surface area contributed by atoms with Crippen LogP contribution in [-0.4, -0.2) is 4.57 Å². The van der Waals surface area contributed by atoms with Crippen LogP contribution >= 0.6 is 23.2 Å². The number of benzene rings is 1. The zero-order valence-electron chi connectivity index (χ0n) is 12.9. The second kappa shape index (κ2) is 5.90. The van der Waals surface area contributed by atoms with E-state index in [1.807, 2.05) is 6.07 Å². The van der Waals surface area contributed by atoms with Gasteiger partial charge in [-0.25, -0.2) is 0 Å². The number of nitrogens with zero attached hydrogens (tertiary/aromatic N) is 2. The van der Waals surface area contributed by atoms with Crippen molar-refractivity contribution in [3.8, 4) is 11.8 Å². The van der Waals surface area contributed by atoms with Crippen LogP contribution < -0.4 is 16.0 Å². The summed E-state index contributed by atoms with van der Waals surface area (Å²) in [5.41, 5.74) is 7.20. The van der Waals surface area contributed by atoms with Gasteiger partial charge in [-0.15, -0.1) is 0 Å². The fourth-order valence-corrected chi connectivity index (χ4v) is 3.43. The van der Waals surface area contributed by atoms with Crippen molar-refractivity contribution in [1.82, 2.24) is 4.57 Å². The Bertz CT molecular complexity index is 966. The average Bonchev–Trinajstić information content (AvgIpc) is 2.52. The number of halogens is 2. The van der Waals surface area contributed by atoms with E-state index in [0.29, 0.717) is 32.6 Å². The minimum atomic E-state index is -0.778. The largest absolute Gasteiger partial charge is 0.440 e. The first-order valence-corrected chi connectivity index (χ1v) is 7.84. The Kier molecular flexibility index (Phi) is 4.04. The zero-order chi connectivity index (χ0) is 17.6. The topological polar surface area (TPSA) is 81.0 Å². The van der Waals surface area contributed by atoms with E-state index in [9.17, 15) is 10.1 Å². The zero-order valence-corrected chi connectivity index (χ0v) is 14.4. The number of fused-ring (bicyclic) bond motifs is 1. The molecule has 2 heterocycles. The molecule has 1 aliphatic heterocycles. The Morgan fingerprint density at radius 1 is 1.29 bits per heavy atom. The average molecular weight is 362 g/mol.